The van der Waals surface area contributed by atoms with Crippen LogP contribution in [0.3, 0.4) is 0 Å². The highest BCUT2D eigenvalue weighted by atomic mass is 14.5. The number of fused-ring (bicyclic) bond motifs is 3. The fourth-order valence-corrected chi connectivity index (χ4v) is 6.57. The summed E-state index contributed by atoms with van der Waals surface area (Å²) in [6, 6.07) is 33.7. The van der Waals surface area contributed by atoms with Gasteiger partial charge in [-0.2, -0.15) is 10.5 Å². The summed E-state index contributed by atoms with van der Waals surface area (Å²) in [5, 5.41) is 27.1. The van der Waals surface area contributed by atoms with Crippen LogP contribution < -0.4 is 5.73 Å². The maximum absolute atomic E-state index is 9.58. The molecule has 1 aliphatic rings. The van der Waals surface area contributed by atoms with Crippen molar-refractivity contribution in [2.45, 2.75) is 46.5 Å². The maximum atomic E-state index is 9.58. The summed E-state index contributed by atoms with van der Waals surface area (Å²) in [5.41, 5.74) is 17.1. The van der Waals surface area contributed by atoms with Gasteiger partial charge in [0, 0.05) is 23.6 Å². The molecule has 0 amide bonds. The minimum Gasteiger partial charge on any atom is -0.404 e. The molecule has 250 valence electrons. The molecule has 0 saturated carbocycles. The molecule has 3 N–H and O–H groups in total. The summed E-state index contributed by atoms with van der Waals surface area (Å²) in [5.74, 6) is 0. The average molecular weight is 655 g/mol. The van der Waals surface area contributed by atoms with E-state index in [1.54, 1.807) is 12.3 Å². The van der Waals surface area contributed by atoms with Gasteiger partial charge in [0.1, 0.15) is 0 Å². The molecule has 4 nitrogen and oxygen atoms in total. The van der Waals surface area contributed by atoms with E-state index in [0.29, 0.717) is 5.57 Å². The molecule has 5 rings (SSSR count). The third kappa shape index (κ3) is 7.12. The summed E-state index contributed by atoms with van der Waals surface area (Å²) in [4.78, 5) is 0. The number of nitrogens with one attached hydrogen (secondary N) is 1. The predicted octanol–water partition coefficient (Wildman–Crippen LogP) is 11.7. The number of nitrogens with zero attached hydrogens (tertiary/aromatic N) is 2. The molecule has 0 unspecified atom stereocenters. The highest BCUT2D eigenvalue weighted by Gasteiger charge is 2.47. The van der Waals surface area contributed by atoms with Gasteiger partial charge >= 0.3 is 0 Å². The van der Waals surface area contributed by atoms with Crippen molar-refractivity contribution in [2.24, 2.45) is 5.73 Å². The Morgan fingerprint density at radius 2 is 1.48 bits per heavy atom. The lowest BCUT2D eigenvalue weighted by Crippen LogP contribution is -2.29. The highest BCUT2D eigenvalue weighted by Crippen LogP contribution is 2.58. The first-order valence-corrected chi connectivity index (χ1v) is 17.0. The monoisotopic (exact) mass is 654 g/mol. The zero-order chi connectivity index (χ0) is 36.7. The first-order chi connectivity index (χ1) is 24.5. The Balaban J connectivity index is 0.00000163. The van der Waals surface area contributed by atoms with Crippen molar-refractivity contribution in [1.29, 1.82) is 15.9 Å². The van der Waals surface area contributed by atoms with Gasteiger partial charge in [-0.3, -0.25) is 0 Å². The smallest absolute Gasteiger partial charge is 0.0985 e. The van der Waals surface area contributed by atoms with Crippen molar-refractivity contribution in [1.82, 2.24) is 0 Å². The molecule has 0 fully saturated rings. The summed E-state index contributed by atoms with van der Waals surface area (Å²) in [7, 11) is 0. The van der Waals surface area contributed by atoms with Crippen LogP contribution in [-0.2, 0) is 5.41 Å². The molecule has 4 heteroatoms. The van der Waals surface area contributed by atoms with E-state index < -0.39 is 5.41 Å². The van der Waals surface area contributed by atoms with Gasteiger partial charge in [0.2, 0.25) is 0 Å². The number of hydrogen-bond acceptors (Lipinski definition) is 4. The molecule has 0 heterocycles. The minimum atomic E-state index is -0.750. The second-order valence-corrected chi connectivity index (χ2v) is 10.9. The topological polar surface area (TPSA) is 97.5 Å². The lowest BCUT2D eigenvalue weighted by Gasteiger charge is -2.34. The van der Waals surface area contributed by atoms with E-state index >= 15 is 0 Å². The second kappa shape index (κ2) is 18.3. The van der Waals surface area contributed by atoms with Crippen LogP contribution in [-0.4, -0.2) is 6.21 Å². The zero-order valence-corrected chi connectivity index (χ0v) is 29.8. The lowest BCUT2D eigenvalue weighted by atomic mass is 9.66. The van der Waals surface area contributed by atoms with E-state index in [0.717, 1.165) is 61.2 Å². The molecule has 0 bridgehead atoms. The van der Waals surface area contributed by atoms with Crippen LogP contribution in [0.15, 0.2) is 134 Å². The fraction of sp³-hybridized carbons (Fsp3) is 0.152. The van der Waals surface area contributed by atoms with E-state index in [-0.39, 0.29) is 12.0 Å². The molecule has 4 aromatic rings. The first-order valence-electron chi connectivity index (χ1n) is 17.0. The highest BCUT2D eigenvalue weighted by molar-refractivity contribution is 6.12. The Kier molecular flexibility index (Phi) is 14.0. The van der Waals surface area contributed by atoms with Gasteiger partial charge in [-0.15, -0.1) is 0 Å². The predicted molar refractivity (Wildman–Crippen MR) is 214 cm³/mol. The van der Waals surface area contributed by atoms with E-state index in [4.69, 9.17) is 16.4 Å². The van der Waals surface area contributed by atoms with E-state index in [1.807, 2.05) is 77.1 Å². The molecular weight excluding hydrogens is 609 g/mol. The Morgan fingerprint density at radius 3 is 1.98 bits per heavy atom. The normalized spacial score (nSPS) is 12.7. The van der Waals surface area contributed by atoms with Crippen LogP contribution >= 0.6 is 0 Å². The van der Waals surface area contributed by atoms with E-state index in [9.17, 15) is 5.26 Å². The van der Waals surface area contributed by atoms with Crippen LogP contribution in [0.1, 0.15) is 85.5 Å². The molecule has 0 atom stereocenters. The Morgan fingerprint density at radius 1 is 0.860 bits per heavy atom. The average Bonchev–Trinajstić information content (AvgIpc) is 3.47. The Bertz CT molecular complexity index is 2000. The SMILES string of the molecule is C=Cc1c(/C=C\C)c(/C(C=N)=C/C(=C)C#N)cc2c1-c1ccc(C(/C=C\CC#N)=C/N)cc1C2(c1ccccc1)c1ccccc1.CC.CC. The largest absolute Gasteiger partial charge is 0.404 e. The molecule has 1 aliphatic carbocycles. The maximum Gasteiger partial charge on any atom is 0.0985 e. The van der Waals surface area contributed by atoms with E-state index in [2.05, 4.69) is 98.1 Å². The summed E-state index contributed by atoms with van der Waals surface area (Å²) in [6.07, 6.45) is 14.4. The fourth-order valence-electron chi connectivity index (χ4n) is 6.57. The molecule has 0 radical (unpaired) electrons. The standard InChI is InChI=1S/C42H34N4.2C2H6/c1-4-14-36-35(5-2)41-37-21-20-30(31(27-45)15-12-13-22-43)24-39(37)42(33-16-8-6-9-17-33,34-18-10-7-11-19-34)40(41)25-38(36)32(28-46)23-29(3)26-44;2*1-2/h4-12,14-21,23-25,27-28,46H,2-3,13,45H2,1H3;2*1-2H3/b14-4-,15-12-,31-27+,32-23+,46-28?;;. The van der Waals surface area contributed by atoms with Gasteiger partial charge in [0.25, 0.3) is 0 Å². The molecule has 4 aromatic carbocycles. The third-order valence-corrected chi connectivity index (χ3v) is 8.41. The summed E-state index contributed by atoms with van der Waals surface area (Å²) in [6.45, 7) is 18.1. The summed E-state index contributed by atoms with van der Waals surface area (Å²) >= 11 is 0. The van der Waals surface area contributed by atoms with Gasteiger partial charge in [-0.25, -0.2) is 0 Å². The number of benzene rings is 4. The number of hydrogen-bond donors (Lipinski definition) is 2. The zero-order valence-electron chi connectivity index (χ0n) is 29.8. The van der Waals surface area contributed by atoms with Crippen LogP contribution in [0.2, 0.25) is 0 Å². The number of rotatable bonds is 10. The van der Waals surface area contributed by atoms with Crippen molar-refractivity contribution in [3.05, 3.63) is 179 Å². The van der Waals surface area contributed by atoms with Gasteiger partial charge in [0.05, 0.1) is 24.0 Å². The third-order valence-electron chi connectivity index (χ3n) is 8.41. The van der Waals surface area contributed by atoms with E-state index in [1.165, 1.54) is 6.21 Å². The van der Waals surface area contributed by atoms with Crippen LogP contribution in [0.5, 0.6) is 0 Å². The Labute approximate surface area is 298 Å². The second-order valence-electron chi connectivity index (χ2n) is 10.9. The van der Waals surface area contributed by atoms with Gasteiger partial charge in [-0.05, 0) is 86.3 Å². The van der Waals surface area contributed by atoms with Gasteiger partial charge in [0.15, 0.2) is 0 Å². The van der Waals surface area contributed by atoms with Gasteiger partial charge < -0.3 is 11.1 Å². The molecule has 0 saturated heterocycles. The number of nitriles is 2. The van der Waals surface area contributed by atoms with Crippen molar-refractivity contribution in [2.75, 3.05) is 0 Å². The first kappa shape index (κ1) is 38.2. The number of allylic oxidation sites excluding steroid dienone is 7. The number of nitrogens with two attached hydrogens (primary N) is 1. The summed E-state index contributed by atoms with van der Waals surface area (Å²) < 4.78 is 0. The lowest BCUT2D eigenvalue weighted by molar-refractivity contribution is 0.767. The van der Waals surface area contributed by atoms with Crippen LogP contribution in [0.4, 0.5) is 0 Å². The molecule has 0 aliphatic heterocycles. The Hall–Kier alpha value is -6.23. The molecule has 0 aromatic heterocycles. The molecule has 0 spiro atoms. The van der Waals surface area contributed by atoms with Crippen molar-refractivity contribution >= 4 is 29.5 Å². The van der Waals surface area contributed by atoms with Crippen LogP contribution in [0.25, 0.3) is 34.4 Å². The molecule has 50 heavy (non-hydrogen) atoms. The van der Waals surface area contributed by atoms with Gasteiger partial charge in [-0.1, -0.05) is 144 Å². The van der Waals surface area contributed by atoms with Crippen molar-refractivity contribution < 1.29 is 0 Å². The van der Waals surface area contributed by atoms with Crippen molar-refractivity contribution in [3.8, 4) is 23.3 Å². The quantitative estimate of drug-likeness (QED) is 0.0890. The van der Waals surface area contributed by atoms with Crippen molar-refractivity contribution in [3.63, 3.8) is 0 Å². The minimum absolute atomic E-state index is 0.265. The molecular formula is C46H46N4. The van der Waals surface area contributed by atoms with Crippen LogP contribution in [0, 0.1) is 28.1 Å².